The van der Waals surface area contributed by atoms with E-state index in [-0.39, 0.29) is 0 Å². The summed E-state index contributed by atoms with van der Waals surface area (Å²) in [6.07, 6.45) is 1.09. The van der Waals surface area contributed by atoms with Crippen molar-refractivity contribution in [1.82, 2.24) is 15.1 Å². The summed E-state index contributed by atoms with van der Waals surface area (Å²) >= 11 is 0. The van der Waals surface area contributed by atoms with E-state index in [4.69, 9.17) is 0 Å². The first kappa shape index (κ1) is 14.8. The van der Waals surface area contributed by atoms with Crippen LogP contribution in [0.4, 0.5) is 0 Å². The number of hydrogen-bond acceptors (Lipinski definition) is 2. The number of aromatic nitrogens is 2. The minimum atomic E-state index is 0.855. The average Bonchev–Trinajstić information content (AvgIpc) is 2.69. The van der Waals surface area contributed by atoms with E-state index >= 15 is 0 Å². The van der Waals surface area contributed by atoms with E-state index in [0.29, 0.717) is 0 Å². The predicted molar refractivity (Wildman–Crippen MR) is 84.2 cm³/mol. The van der Waals surface area contributed by atoms with Crippen LogP contribution < -0.4 is 5.32 Å². The zero-order chi connectivity index (χ0) is 14.5. The van der Waals surface area contributed by atoms with Gasteiger partial charge in [-0.3, -0.25) is 4.68 Å². The summed E-state index contributed by atoms with van der Waals surface area (Å²) in [5.41, 5.74) is 6.39. The maximum absolute atomic E-state index is 4.59. The summed E-state index contributed by atoms with van der Waals surface area (Å²) in [7, 11) is 0. The Morgan fingerprint density at radius 3 is 2.25 bits per heavy atom. The molecule has 20 heavy (non-hydrogen) atoms. The SMILES string of the molecule is CCNCCc1ccc(Cn2nc(C)c(C)c2C)cc1. The maximum atomic E-state index is 4.59. The van der Waals surface area contributed by atoms with Gasteiger partial charge in [0.1, 0.15) is 0 Å². The van der Waals surface area contributed by atoms with Gasteiger partial charge in [0.2, 0.25) is 0 Å². The zero-order valence-electron chi connectivity index (χ0n) is 13.0. The van der Waals surface area contributed by atoms with Crippen molar-refractivity contribution in [2.45, 2.75) is 40.7 Å². The largest absolute Gasteiger partial charge is 0.317 e. The van der Waals surface area contributed by atoms with Crippen molar-refractivity contribution in [3.8, 4) is 0 Å². The van der Waals surface area contributed by atoms with Crippen molar-refractivity contribution in [3.63, 3.8) is 0 Å². The van der Waals surface area contributed by atoms with Crippen molar-refractivity contribution in [2.24, 2.45) is 0 Å². The van der Waals surface area contributed by atoms with E-state index in [1.54, 1.807) is 0 Å². The second-order valence-electron chi connectivity index (χ2n) is 5.37. The van der Waals surface area contributed by atoms with Crippen LogP contribution >= 0.6 is 0 Å². The molecular weight excluding hydrogens is 246 g/mol. The lowest BCUT2D eigenvalue weighted by atomic mass is 10.1. The summed E-state index contributed by atoms with van der Waals surface area (Å²) in [4.78, 5) is 0. The van der Waals surface area contributed by atoms with Crippen LogP contribution in [-0.2, 0) is 13.0 Å². The van der Waals surface area contributed by atoms with Crippen molar-refractivity contribution in [2.75, 3.05) is 13.1 Å². The van der Waals surface area contributed by atoms with Crippen LogP contribution in [0.25, 0.3) is 0 Å². The molecule has 2 rings (SSSR count). The van der Waals surface area contributed by atoms with E-state index < -0.39 is 0 Å². The molecule has 0 radical (unpaired) electrons. The van der Waals surface area contributed by atoms with E-state index in [1.165, 1.54) is 22.4 Å². The number of nitrogens with zero attached hydrogens (tertiary/aromatic N) is 2. The molecule has 0 fully saturated rings. The smallest absolute Gasteiger partial charge is 0.0662 e. The zero-order valence-corrected chi connectivity index (χ0v) is 13.0. The molecule has 1 aromatic heterocycles. The van der Waals surface area contributed by atoms with Crippen LogP contribution in [0.1, 0.15) is 35.0 Å². The molecule has 2 aromatic rings. The molecule has 1 aromatic carbocycles. The molecule has 0 amide bonds. The third-order valence-electron chi connectivity index (χ3n) is 3.94. The fraction of sp³-hybridized carbons (Fsp3) is 0.471. The summed E-state index contributed by atoms with van der Waals surface area (Å²) in [5, 5.41) is 7.95. The second kappa shape index (κ2) is 6.71. The lowest BCUT2D eigenvalue weighted by Crippen LogP contribution is -2.16. The molecule has 0 saturated carbocycles. The Balaban J connectivity index is 2.01. The Kier molecular flexibility index (Phi) is 4.96. The maximum Gasteiger partial charge on any atom is 0.0662 e. The topological polar surface area (TPSA) is 29.9 Å². The van der Waals surface area contributed by atoms with E-state index in [9.17, 15) is 0 Å². The van der Waals surface area contributed by atoms with Crippen molar-refractivity contribution in [1.29, 1.82) is 0 Å². The first-order valence-corrected chi connectivity index (χ1v) is 7.41. The molecule has 3 heteroatoms. The fourth-order valence-electron chi connectivity index (χ4n) is 2.33. The minimum absolute atomic E-state index is 0.855. The first-order valence-electron chi connectivity index (χ1n) is 7.41. The van der Waals surface area contributed by atoms with Crippen LogP contribution in [0, 0.1) is 20.8 Å². The molecule has 0 aliphatic heterocycles. The van der Waals surface area contributed by atoms with Gasteiger partial charge in [0.15, 0.2) is 0 Å². The Labute approximate surface area is 122 Å². The van der Waals surface area contributed by atoms with Gasteiger partial charge in [0, 0.05) is 5.69 Å². The van der Waals surface area contributed by atoms with Gasteiger partial charge in [0.05, 0.1) is 12.2 Å². The summed E-state index contributed by atoms with van der Waals surface area (Å²) < 4.78 is 2.10. The molecule has 0 bridgehead atoms. The number of likely N-dealkylation sites (N-methyl/N-ethyl adjacent to an activating group) is 1. The molecule has 1 N–H and O–H groups in total. The highest BCUT2D eigenvalue weighted by atomic mass is 15.3. The van der Waals surface area contributed by atoms with Gasteiger partial charge in [-0.05, 0) is 57.0 Å². The van der Waals surface area contributed by atoms with Crippen LogP contribution in [-0.4, -0.2) is 22.9 Å². The highest BCUT2D eigenvalue weighted by Crippen LogP contribution is 2.13. The molecule has 0 unspecified atom stereocenters. The van der Waals surface area contributed by atoms with Gasteiger partial charge in [-0.15, -0.1) is 0 Å². The summed E-state index contributed by atoms with van der Waals surface area (Å²) in [6.45, 7) is 11.4. The van der Waals surface area contributed by atoms with Crippen molar-refractivity contribution < 1.29 is 0 Å². The molecule has 0 aliphatic carbocycles. The van der Waals surface area contributed by atoms with Crippen LogP contribution in [0.15, 0.2) is 24.3 Å². The summed E-state index contributed by atoms with van der Waals surface area (Å²) in [6, 6.07) is 8.89. The van der Waals surface area contributed by atoms with Gasteiger partial charge >= 0.3 is 0 Å². The van der Waals surface area contributed by atoms with E-state index in [2.05, 4.69) is 67.1 Å². The van der Waals surface area contributed by atoms with E-state index in [1.807, 2.05) is 0 Å². The number of hydrogen-bond donors (Lipinski definition) is 1. The van der Waals surface area contributed by atoms with Crippen LogP contribution in [0.2, 0.25) is 0 Å². The Morgan fingerprint density at radius 1 is 1.05 bits per heavy atom. The highest BCUT2D eigenvalue weighted by molar-refractivity contribution is 5.26. The lowest BCUT2D eigenvalue weighted by Gasteiger charge is -2.07. The van der Waals surface area contributed by atoms with Crippen molar-refractivity contribution in [3.05, 3.63) is 52.3 Å². The Bertz CT molecular complexity index is 552. The van der Waals surface area contributed by atoms with Gasteiger partial charge in [-0.25, -0.2) is 0 Å². The van der Waals surface area contributed by atoms with Crippen molar-refractivity contribution >= 4 is 0 Å². The predicted octanol–water partition coefficient (Wildman–Crippen LogP) is 3.01. The third-order valence-corrected chi connectivity index (χ3v) is 3.94. The fourth-order valence-corrected chi connectivity index (χ4v) is 2.33. The summed E-state index contributed by atoms with van der Waals surface area (Å²) in [5.74, 6) is 0. The minimum Gasteiger partial charge on any atom is -0.317 e. The monoisotopic (exact) mass is 271 g/mol. The number of rotatable bonds is 6. The van der Waals surface area contributed by atoms with Gasteiger partial charge in [-0.1, -0.05) is 31.2 Å². The van der Waals surface area contributed by atoms with Crippen LogP contribution in [0.3, 0.4) is 0 Å². The molecule has 1 heterocycles. The standard InChI is InChI=1S/C17H25N3/c1-5-18-11-10-16-6-8-17(9-7-16)12-20-15(4)13(2)14(3)19-20/h6-9,18H,5,10-12H2,1-4H3. The van der Waals surface area contributed by atoms with Gasteiger partial charge < -0.3 is 5.32 Å². The second-order valence-corrected chi connectivity index (χ2v) is 5.37. The normalized spacial score (nSPS) is 11.0. The molecule has 3 nitrogen and oxygen atoms in total. The third kappa shape index (κ3) is 3.48. The number of aryl methyl sites for hydroxylation is 1. The first-order chi connectivity index (χ1) is 9.61. The molecule has 0 saturated heterocycles. The molecule has 0 spiro atoms. The van der Waals surface area contributed by atoms with E-state index in [0.717, 1.165) is 31.7 Å². The number of nitrogens with one attached hydrogen (secondary N) is 1. The quantitative estimate of drug-likeness (QED) is 0.819. The van der Waals surface area contributed by atoms with Gasteiger partial charge in [0.25, 0.3) is 0 Å². The Hall–Kier alpha value is -1.61. The molecule has 0 atom stereocenters. The van der Waals surface area contributed by atoms with Crippen LogP contribution in [0.5, 0.6) is 0 Å². The molecule has 108 valence electrons. The highest BCUT2D eigenvalue weighted by Gasteiger charge is 2.07. The Morgan fingerprint density at radius 2 is 1.70 bits per heavy atom. The number of benzene rings is 1. The average molecular weight is 271 g/mol. The van der Waals surface area contributed by atoms with Gasteiger partial charge in [-0.2, -0.15) is 5.10 Å². The lowest BCUT2D eigenvalue weighted by molar-refractivity contribution is 0.658. The molecule has 0 aliphatic rings. The molecular formula is C17H25N3.